The third kappa shape index (κ3) is 7.62. The molecule has 1 rings (SSSR count). The first-order chi connectivity index (χ1) is 10.9. The van der Waals surface area contributed by atoms with Gasteiger partial charge in [-0.2, -0.15) is 0 Å². The lowest BCUT2D eigenvalue weighted by Crippen LogP contribution is -2.09. The van der Waals surface area contributed by atoms with Gasteiger partial charge in [0, 0.05) is 12.3 Å². The lowest BCUT2D eigenvalue weighted by Gasteiger charge is -2.11. The van der Waals surface area contributed by atoms with Crippen LogP contribution < -0.4 is 4.74 Å². The molecule has 0 bridgehead atoms. The van der Waals surface area contributed by atoms with Gasteiger partial charge in [-0.1, -0.05) is 34.1 Å². The Morgan fingerprint density at radius 2 is 1.91 bits per heavy atom. The molecular formula is C20H31FO2. The Kier molecular flexibility index (Phi) is 8.90. The van der Waals surface area contributed by atoms with Crippen LogP contribution in [0.5, 0.6) is 5.75 Å². The fraction of sp³-hybridized carbons (Fsp3) is 0.650. The second-order valence-electron chi connectivity index (χ2n) is 6.79. The third-order valence-corrected chi connectivity index (χ3v) is 4.13. The maximum atomic E-state index is 13.8. The van der Waals surface area contributed by atoms with E-state index in [-0.39, 0.29) is 11.7 Å². The molecule has 130 valence electrons. The van der Waals surface area contributed by atoms with Gasteiger partial charge >= 0.3 is 0 Å². The van der Waals surface area contributed by atoms with E-state index in [1.165, 1.54) is 6.07 Å². The van der Waals surface area contributed by atoms with Crippen molar-refractivity contribution >= 4 is 5.78 Å². The molecule has 1 aromatic rings. The van der Waals surface area contributed by atoms with E-state index < -0.39 is 0 Å². The van der Waals surface area contributed by atoms with Crippen molar-refractivity contribution in [3.8, 4) is 5.75 Å². The minimum atomic E-state index is -0.169. The maximum Gasteiger partial charge on any atom is 0.135 e. The van der Waals surface area contributed by atoms with Crippen LogP contribution in [0, 0.1) is 17.7 Å². The highest BCUT2D eigenvalue weighted by Gasteiger charge is 2.10. The van der Waals surface area contributed by atoms with Crippen molar-refractivity contribution in [2.75, 3.05) is 6.61 Å². The first-order valence-electron chi connectivity index (χ1n) is 8.88. The Bertz CT molecular complexity index is 483. The van der Waals surface area contributed by atoms with Gasteiger partial charge in [-0.05, 0) is 55.4 Å². The molecule has 0 aliphatic heterocycles. The standard InChI is InChI=1S/C20H31FO2/c1-5-16(4)20(22)10-8-6-7-9-17-13-18(11-12-19(17)21)23-14-15(2)3/h11-13,15-16H,5-10,14H2,1-4H3. The van der Waals surface area contributed by atoms with Gasteiger partial charge in [-0.25, -0.2) is 4.39 Å². The number of hydrogen-bond acceptors (Lipinski definition) is 2. The smallest absolute Gasteiger partial charge is 0.135 e. The fourth-order valence-corrected chi connectivity index (χ4v) is 2.36. The minimum Gasteiger partial charge on any atom is -0.493 e. The average Bonchev–Trinajstić information content (AvgIpc) is 2.53. The second-order valence-corrected chi connectivity index (χ2v) is 6.79. The lowest BCUT2D eigenvalue weighted by molar-refractivity contribution is -0.122. The van der Waals surface area contributed by atoms with Crippen LogP contribution in [0.15, 0.2) is 18.2 Å². The Morgan fingerprint density at radius 3 is 2.57 bits per heavy atom. The molecule has 2 nitrogen and oxygen atoms in total. The molecule has 3 heteroatoms. The van der Waals surface area contributed by atoms with Gasteiger partial charge in [0.05, 0.1) is 6.61 Å². The molecule has 0 aliphatic rings. The molecule has 0 fully saturated rings. The largest absolute Gasteiger partial charge is 0.493 e. The number of hydrogen-bond donors (Lipinski definition) is 0. The SMILES string of the molecule is CCC(C)C(=O)CCCCCc1cc(OCC(C)C)ccc1F. The normalized spacial score (nSPS) is 12.4. The Hall–Kier alpha value is -1.38. The quantitative estimate of drug-likeness (QED) is 0.497. The number of rotatable bonds is 11. The van der Waals surface area contributed by atoms with Crippen molar-refractivity contribution in [1.82, 2.24) is 0 Å². The van der Waals surface area contributed by atoms with Crippen molar-refractivity contribution < 1.29 is 13.9 Å². The number of unbranched alkanes of at least 4 members (excludes halogenated alkanes) is 2. The van der Waals surface area contributed by atoms with E-state index in [2.05, 4.69) is 13.8 Å². The molecule has 23 heavy (non-hydrogen) atoms. The maximum absolute atomic E-state index is 13.8. The van der Waals surface area contributed by atoms with Crippen molar-refractivity contribution in [3.63, 3.8) is 0 Å². The minimum absolute atomic E-state index is 0.169. The summed E-state index contributed by atoms with van der Waals surface area (Å²) >= 11 is 0. The van der Waals surface area contributed by atoms with Crippen LogP contribution in [-0.2, 0) is 11.2 Å². The number of carbonyl (C=O) groups is 1. The summed E-state index contributed by atoms with van der Waals surface area (Å²) in [6.45, 7) is 8.85. The summed E-state index contributed by atoms with van der Waals surface area (Å²) in [5.41, 5.74) is 0.708. The number of ketones is 1. The zero-order valence-corrected chi connectivity index (χ0v) is 15.0. The molecule has 0 spiro atoms. The summed E-state index contributed by atoms with van der Waals surface area (Å²) in [6, 6.07) is 4.98. The van der Waals surface area contributed by atoms with Crippen LogP contribution in [0.1, 0.15) is 65.4 Å². The fourth-order valence-electron chi connectivity index (χ4n) is 2.36. The number of carbonyl (C=O) groups excluding carboxylic acids is 1. The van der Waals surface area contributed by atoms with Crippen molar-refractivity contribution in [3.05, 3.63) is 29.6 Å². The summed E-state index contributed by atoms with van der Waals surface area (Å²) in [6.07, 6.45) is 5.01. The molecule has 0 saturated heterocycles. The molecule has 0 aromatic heterocycles. The molecule has 1 aromatic carbocycles. The first-order valence-corrected chi connectivity index (χ1v) is 8.88. The van der Waals surface area contributed by atoms with Gasteiger partial charge in [-0.15, -0.1) is 0 Å². The number of halogens is 1. The van der Waals surface area contributed by atoms with Crippen LogP contribution in [0.4, 0.5) is 4.39 Å². The number of Topliss-reactive ketones (excluding diaryl/α,β-unsaturated/α-hetero) is 1. The van der Waals surface area contributed by atoms with Crippen LogP contribution >= 0.6 is 0 Å². The van der Waals surface area contributed by atoms with Gasteiger partial charge in [0.1, 0.15) is 17.3 Å². The number of ether oxygens (including phenoxy) is 1. The van der Waals surface area contributed by atoms with Gasteiger partial charge in [0.2, 0.25) is 0 Å². The Labute approximate surface area is 140 Å². The summed E-state index contributed by atoms with van der Waals surface area (Å²) < 4.78 is 19.5. The predicted octanol–water partition coefficient (Wildman–Crippen LogP) is 5.58. The molecule has 1 atom stereocenters. The molecule has 0 N–H and O–H groups in total. The number of benzene rings is 1. The van der Waals surface area contributed by atoms with E-state index in [9.17, 15) is 9.18 Å². The zero-order valence-electron chi connectivity index (χ0n) is 15.0. The van der Waals surface area contributed by atoms with Crippen LogP contribution in [0.3, 0.4) is 0 Å². The van der Waals surface area contributed by atoms with Gasteiger partial charge in [-0.3, -0.25) is 4.79 Å². The topological polar surface area (TPSA) is 26.3 Å². The van der Waals surface area contributed by atoms with Crippen molar-refractivity contribution in [1.29, 1.82) is 0 Å². The highest BCUT2D eigenvalue weighted by atomic mass is 19.1. The molecule has 0 radical (unpaired) electrons. The van der Waals surface area contributed by atoms with E-state index >= 15 is 0 Å². The molecule has 1 unspecified atom stereocenters. The van der Waals surface area contributed by atoms with E-state index in [0.29, 0.717) is 36.7 Å². The molecule has 0 aliphatic carbocycles. The van der Waals surface area contributed by atoms with E-state index in [0.717, 1.165) is 31.4 Å². The predicted molar refractivity (Wildman–Crippen MR) is 93.4 cm³/mol. The Morgan fingerprint density at radius 1 is 1.17 bits per heavy atom. The van der Waals surface area contributed by atoms with E-state index in [4.69, 9.17) is 4.74 Å². The van der Waals surface area contributed by atoms with Gasteiger partial charge in [0.15, 0.2) is 0 Å². The second kappa shape index (κ2) is 10.4. The first kappa shape index (κ1) is 19.7. The summed E-state index contributed by atoms with van der Waals surface area (Å²) in [5.74, 6) is 1.54. The van der Waals surface area contributed by atoms with Crippen LogP contribution in [-0.4, -0.2) is 12.4 Å². The third-order valence-electron chi connectivity index (χ3n) is 4.13. The highest BCUT2D eigenvalue weighted by Crippen LogP contribution is 2.20. The summed E-state index contributed by atoms with van der Waals surface area (Å²) in [5, 5.41) is 0. The summed E-state index contributed by atoms with van der Waals surface area (Å²) in [7, 11) is 0. The van der Waals surface area contributed by atoms with Gasteiger partial charge < -0.3 is 4.74 Å². The molecule has 0 heterocycles. The molecular weight excluding hydrogens is 291 g/mol. The van der Waals surface area contributed by atoms with Crippen LogP contribution in [0.25, 0.3) is 0 Å². The van der Waals surface area contributed by atoms with Crippen molar-refractivity contribution in [2.24, 2.45) is 11.8 Å². The highest BCUT2D eigenvalue weighted by molar-refractivity contribution is 5.80. The van der Waals surface area contributed by atoms with E-state index in [1.54, 1.807) is 6.07 Å². The number of aryl methyl sites for hydroxylation is 1. The van der Waals surface area contributed by atoms with E-state index in [1.807, 2.05) is 19.9 Å². The summed E-state index contributed by atoms with van der Waals surface area (Å²) in [4.78, 5) is 11.8. The van der Waals surface area contributed by atoms with Crippen LogP contribution in [0.2, 0.25) is 0 Å². The molecule has 0 amide bonds. The van der Waals surface area contributed by atoms with Crippen molar-refractivity contribution in [2.45, 2.75) is 66.2 Å². The Balaban J connectivity index is 2.36. The average molecular weight is 322 g/mol. The monoisotopic (exact) mass is 322 g/mol. The zero-order chi connectivity index (χ0) is 17.2. The molecule has 0 saturated carbocycles. The lowest BCUT2D eigenvalue weighted by atomic mass is 9.98. The van der Waals surface area contributed by atoms with Gasteiger partial charge in [0.25, 0.3) is 0 Å².